The summed E-state index contributed by atoms with van der Waals surface area (Å²) < 4.78 is 32.5. The highest BCUT2D eigenvalue weighted by Gasteiger charge is 2.31. The lowest BCUT2D eigenvalue weighted by Crippen LogP contribution is -2.43. The van der Waals surface area contributed by atoms with Crippen LogP contribution < -0.4 is 14.8 Å². The quantitative estimate of drug-likeness (QED) is 0.212. The van der Waals surface area contributed by atoms with Gasteiger partial charge in [0.15, 0.2) is 0 Å². The van der Waals surface area contributed by atoms with Crippen LogP contribution in [0.15, 0.2) is 114 Å². The fourth-order valence-electron chi connectivity index (χ4n) is 4.84. The maximum Gasteiger partial charge on any atom is 0.247 e. The van der Waals surface area contributed by atoms with E-state index in [0.717, 1.165) is 16.7 Å². The number of sulfonamides is 1. The third-order valence-corrected chi connectivity index (χ3v) is 8.59. The van der Waals surface area contributed by atoms with E-state index < -0.39 is 16.1 Å². The Hall–Kier alpha value is -4.47. The molecule has 0 saturated heterocycles. The Balaban J connectivity index is 1.59. The molecule has 4 aromatic rings. The number of benzene rings is 4. The van der Waals surface area contributed by atoms with Gasteiger partial charge in [-0.2, -0.15) is 0 Å². The molecule has 0 heterocycles. The van der Waals surface area contributed by atoms with Crippen LogP contribution in [0.5, 0.6) is 5.75 Å². The number of hydrogen-bond donors (Lipinski definition) is 2. The first-order valence-electron chi connectivity index (χ1n) is 14.2. The van der Waals surface area contributed by atoms with Gasteiger partial charge >= 0.3 is 0 Å². The third-order valence-electron chi connectivity index (χ3n) is 7.03. The van der Waals surface area contributed by atoms with Gasteiger partial charge in [0.2, 0.25) is 21.8 Å². The number of nitrogens with one attached hydrogen (secondary N) is 2. The van der Waals surface area contributed by atoms with Crippen molar-refractivity contribution in [2.45, 2.75) is 43.8 Å². The van der Waals surface area contributed by atoms with Crippen LogP contribution in [0.1, 0.15) is 41.6 Å². The van der Waals surface area contributed by atoms with E-state index in [2.05, 4.69) is 10.0 Å². The van der Waals surface area contributed by atoms with Gasteiger partial charge in [0.05, 0.1) is 12.0 Å². The Bertz CT molecular complexity index is 1590. The summed E-state index contributed by atoms with van der Waals surface area (Å²) in [7, 11) is -1.98. The lowest BCUT2D eigenvalue weighted by molar-refractivity contribution is -0.141. The maximum absolute atomic E-state index is 13.9. The Kier molecular flexibility index (Phi) is 11.1. The molecule has 2 amide bonds. The average molecular weight is 600 g/mol. The molecule has 2 N–H and O–H groups in total. The highest BCUT2D eigenvalue weighted by atomic mass is 32.2. The predicted molar refractivity (Wildman–Crippen MR) is 167 cm³/mol. The molecule has 0 aliphatic heterocycles. The minimum absolute atomic E-state index is 0.134. The van der Waals surface area contributed by atoms with Gasteiger partial charge in [0.1, 0.15) is 11.8 Å². The number of hydrogen-bond acceptors (Lipinski definition) is 5. The third kappa shape index (κ3) is 8.53. The van der Waals surface area contributed by atoms with Crippen molar-refractivity contribution < 1.29 is 22.7 Å². The summed E-state index contributed by atoms with van der Waals surface area (Å²) in [5.74, 6) is 0.162. The summed E-state index contributed by atoms with van der Waals surface area (Å²) in [4.78, 5) is 29.6. The fraction of sp³-hybridized carbons (Fsp3) is 0.235. The van der Waals surface area contributed by atoms with E-state index in [1.54, 1.807) is 31.1 Å². The second-order valence-corrected chi connectivity index (χ2v) is 11.8. The van der Waals surface area contributed by atoms with Crippen LogP contribution in [-0.2, 0) is 39.1 Å². The molecule has 0 aromatic heterocycles. The van der Waals surface area contributed by atoms with Gasteiger partial charge in [-0.25, -0.2) is 13.1 Å². The minimum atomic E-state index is -3.57. The van der Waals surface area contributed by atoms with Crippen molar-refractivity contribution in [1.29, 1.82) is 0 Å². The molecular weight excluding hydrogens is 562 g/mol. The molecule has 8 nitrogen and oxygen atoms in total. The molecule has 0 fully saturated rings. The van der Waals surface area contributed by atoms with Gasteiger partial charge in [-0.15, -0.1) is 0 Å². The Morgan fingerprint density at radius 3 is 2.09 bits per heavy atom. The van der Waals surface area contributed by atoms with Crippen LogP contribution >= 0.6 is 0 Å². The van der Waals surface area contributed by atoms with Gasteiger partial charge in [-0.05, 0) is 41.3 Å². The van der Waals surface area contributed by atoms with E-state index in [-0.39, 0.29) is 36.2 Å². The largest absolute Gasteiger partial charge is 0.496 e. The first kappa shape index (κ1) is 31.5. The molecule has 0 bridgehead atoms. The van der Waals surface area contributed by atoms with Crippen LogP contribution in [0, 0.1) is 0 Å². The second kappa shape index (κ2) is 15.1. The monoisotopic (exact) mass is 599 g/mol. The van der Waals surface area contributed by atoms with Gasteiger partial charge in [-0.1, -0.05) is 97.9 Å². The summed E-state index contributed by atoms with van der Waals surface area (Å²) in [6.45, 7) is 2.49. The van der Waals surface area contributed by atoms with Crippen LogP contribution in [0.25, 0.3) is 0 Å². The molecule has 0 aliphatic rings. The molecule has 224 valence electrons. The van der Waals surface area contributed by atoms with E-state index in [1.807, 2.05) is 84.9 Å². The molecule has 0 spiro atoms. The first-order valence-corrected chi connectivity index (χ1v) is 15.7. The molecule has 9 heteroatoms. The van der Waals surface area contributed by atoms with Crippen molar-refractivity contribution in [2.75, 3.05) is 13.7 Å². The molecule has 0 aliphatic carbocycles. The van der Waals surface area contributed by atoms with Crippen molar-refractivity contribution in [3.05, 3.63) is 131 Å². The molecule has 0 unspecified atom stereocenters. The zero-order valence-corrected chi connectivity index (χ0v) is 25.2. The highest BCUT2D eigenvalue weighted by Crippen LogP contribution is 2.26. The average Bonchev–Trinajstić information content (AvgIpc) is 3.03. The number of methoxy groups -OCH3 is 1. The number of nitrogens with zero attached hydrogens (tertiary/aromatic N) is 1. The van der Waals surface area contributed by atoms with Crippen molar-refractivity contribution >= 4 is 21.8 Å². The Morgan fingerprint density at radius 1 is 0.814 bits per heavy atom. The molecule has 4 rings (SSSR count). The van der Waals surface area contributed by atoms with Crippen molar-refractivity contribution in [1.82, 2.24) is 14.9 Å². The fourth-order valence-corrected chi connectivity index (χ4v) is 5.88. The van der Waals surface area contributed by atoms with E-state index in [0.29, 0.717) is 24.3 Å². The number of para-hydroxylation sites is 1. The number of ether oxygens (including phenoxy) is 1. The van der Waals surface area contributed by atoms with E-state index in [9.17, 15) is 18.0 Å². The smallest absolute Gasteiger partial charge is 0.247 e. The first-order chi connectivity index (χ1) is 20.8. The lowest BCUT2D eigenvalue weighted by Gasteiger charge is -2.32. The van der Waals surface area contributed by atoms with Gasteiger partial charge in [0, 0.05) is 31.6 Å². The van der Waals surface area contributed by atoms with E-state index in [1.165, 1.54) is 12.1 Å². The zero-order valence-electron chi connectivity index (χ0n) is 24.4. The second-order valence-electron chi connectivity index (χ2n) is 10.00. The molecular formula is C34H37N3O5S. The summed E-state index contributed by atoms with van der Waals surface area (Å²) in [5, 5.41) is 3.02. The summed E-state index contributed by atoms with van der Waals surface area (Å²) in [6.07, 6.45) is 0.519. The van der Waals surface area contributed by atoms with Crippen LogP contribution in [0.4, 0.5) is 0 Å². The van der Waals surface area contributed by atoms with Crippen LogP contribution in [0.2, 0.25) is 0 Å². The standard InChI is InChI=1S/C34H37N3O5S/c1-3-36-43(40,41)30-21-18-26(19-22-30)20-23-32(38)37(25-27-12-6-4-7-13-27)33(28-14-8-5-9-15-28)34(39)35-24-29-16-10-11-17-31(29)42-2/h4-19,21-22,33,36H,3,20,23-25H2,1-2H3,(H,35,39)/t33-/m1/s1. The highest BCUT2D eigenvalue weighted by molar-refractivity contribution is 7.89. The van der Waals surface area contributed by atoms with Gasteiger partial charge in [-0.3, -0.25) is 9.59 Å². The van der Waals surface area contributed by atoms with Crippen molar-refractivity contribution in [3.63, 3.8) is 0 Å². The maximum atomic E-state index is 13.9. The predicted octanol–water partition coefficient (Wildman–Crippen LogP) is 5.01. The molecule has 1 atom stereocenters. The van der Waals surface area contributed by atoms with Crippen molar-refractivity contribution in [3.8, 4) is 5.75 Å². The van der Waals surface area contributed by atoms with Crippen LogP contribution in [0.3, 0.4) is 0 Å². The summed E-state index contributed by atoms with van der Waals surface area (Å²) in [6, 6.07) is 31.9. The van der Waals surface area contributed by atoms with Gasteiger partial charge < -0.3 is 15.0 Å². The number of amides is 2. The number of rotatable bonds is 14. The van der Waals surface area contributed by atoms with Crippen LogP contribution in [-0.4, -0.2) is 38.8 Å². The number of carbonyl (C=O) groups excluding carboxylic acids is 2. The topological polar surface area (TPSA) is 105 Å². The minimum Gasteiger partial charge on any atom is -0.496 e. The Morgan fingerprint density at radius 2 is 1.44 bits per heavy atom. The zero-order chi connectivity index (χ0) is 30.7. The Labute approximate surface area is 253 Å². The number of aryl methyl sites for hydroxylation is 1. The normalized spacial score (nSPS) is 11.9. The summed E-state index contributed by atoms with van der Waals surface area (Å²) in [5.41, 5.74) is 3.24. The van der Waals surface area contributed by atoms with Crippen molar-refractivity contribution in [2.24, 2.45) is 0 Å². The number of carbonyl (C=O) groups is 2. The molecule has 4 aromatic carbocycles. The summed E-state index contributed by atoms with van der Waals surface area (Å²) >= 11 is 0. The molecule has 43 heavy (non-hydrogen) atoms. The van der Waals surface area contributed by atoms with Gasteiger partial charge in [0.25, 0.3) is 0 Å². The van der Waals surface area contributed by atoms with E-state index in [4.69, 9.17) is 4.74 Å². The SMILES string of the molecule is CCNS(=O)(=O)c1ccc(CCC(=O)N(Cc2ccccc2)[C@@H](C(=O)NCc2ccccc2OC)c2ccccc2)cc1. The molecule has 0 radical (unpaired) electrons. The van der Waals surface area contributed by atoms with E-state index >= 15 is 0 Å². The lowest BCUT2D eigenvalue weighted by atomic mass is 10.0. The molecule has 0 saturated carbocycles.